The Hall–Kier alpha value is -0.960. The van der Waals surface area contributed by atoms with Gasteiger partial charge in [-0.2, -0.15) is 0 Å². The van der Waals surface area contributed by atoms with E-state index in [1.165, 1.54) is 5.56 Å². The fourth-order valence-electron chi connectivity index (χ4n) is 1.23. The number of H-pyrrole nitrogens is 1. The summed E-state index contributed by atoms with van der Waals surface area (Å²) in [6.45, 7) is 1.38. The summed E-state index contributed by atoms with van der Waals surface area (Å²) in [5, 5.41) is 9.01. The summed E-state index contributed by atoms with van der Waals surface area (Å²) in [5.41, 5.74) is 2.20. The predicted molar refractivity (Wildman–Crippen MR) is 35.8 cm³/mol. The summed E-state index contributed by atoms with van der Waals surface area (Å²) in [4.78, 5) is 2.83. The lowest BCUT2D eigenvalue weighted by molar-refractivity contribution is 0.108. The van der Waals surface area contributed by atoms with E-state index in [2.05, 4.69) is 4.98 Å². The van der Waals surface area contributed by atoms with Crippen LogP contribution in [-0.4, -0.2) is 16.7 Å². The van der Waals surface area contributed by atoms with Gasteiger partial charge in [-0.3, -0.25) is 0 Å². The molecule has 0 aliphatic carbocycles. The summed E-state index contributed by atoms with van der Waals surface area (Å²) in [5.74, 6) is 0.246. The van der Waals surface area contributed by atoms with Crippen LogP contribution in [0.3, 0.4) is 0 Å². The van der Waals surface area contributed by atoms with Crippen molar-refractivity contribution in [3.63, 3.8) is 0 Å². The second kappa shape index (κ2) is 2.02. The number of ether oxygens (including phenoxy) is 1. The number of aromatic nitrogens is 1. The van der Waals surface area contributed by atoms with Crippen molar-refractivity contribution in [3.8, 4) is 5.88 Å². The number of hydrogen-bond acceptors (Lipinski definition) is 2. The van der Waals surface area contributed by atoms with E-state index >= 15 is 0 Å². The smallest absolute Gasteiger partial charge is 0.188 e. The van der Waals surface area contributed by atoms with Crippen molar-refractivity contribution in [2.45, 2.75) is 13.0 Å². The van der Waals surface area contributed by atoms with Gasteiger partial charge in [0.2, 0.25) is 0 Å². The number of hydrogen-bond donors (Lipinski definition) is 2. The fourth-order valence-corrected chi connectivity index (χ4v) is 1.23. The van der Waals surface area contributed by atoms with Gasteiger partial charge in [0.25, 0.3) is 0 Å². The first kappa shape index (κ1) is 5.80. The van der Waals surface area contributed by atoms with Crippen LogP contribution in [0.5, 0.6) is 5.88 Å². The molecular formula is C7H9NO2. The van der Waals surface area contributed by atoms with Crippen LogP contribution in [0.2, 0.25) is 0 Å². The maximum Gasteiger partial charge on any atom is 0.188 e. The topological polar surface area (TPSA) is 45.2 Å². The molecule has 2 heterocycles. The lowest BCUT2D eigenvalue weighted by Gasteiger charge is -2.10. The molecule has 3 nitrogen and oxygen atoms in total. The first-order valence-corrected chi connectivity index (χ1v) is 3.34. The molecule has 0 saturated heterocycles. The lowest BCUT2D eigenvalue weighted by atomic mass is 10.1. The van der Waals surface area contributed by atoms with Crippen LogP contribution in [0.1, 0.15) is 11.3 Å². The number of aromatic amines is 1. The summed E-state index contributed by atoms with van der Waals surface area (Å²) >= 11 is 0. The van der Waals surface area contributed by atoms with Crippen LogP contribution in [-0.2, 0) is 17.8 Å². The fraction of sp³-hybridized carbons (Fsp3) is 0.429. The Bertz CT molecular complexity index is 218. The van der Waals surface area contributed by atoms with Crippen molar-refractivity contribution in [1.82, 2.24) is 4.98 Å². The Kier molecular flexibility index (Phi) is 1.17. The zero-order valence-electron chi connectivity index (χ0n) is 5.55. The average molecular weight is 139 g/mol. The number of nitrogens with one attached hydrogen (secondary N) is 1. The molecule has 0 unspecified atom stereocenters. The Balaban J connectivity index is 2.41. The quantitative estimate of drug-likeness (QED) is 0.558. The summed E-state index contributed by atoms with van der Waals surface area (Å²) < 4.78 is 5.17. The zero-order chi connectivity index (χ0) is 6.97. The normalized spacial score (nSPS) is 16.8. The SMILES string of the molecule is Oc1cc2c([nH]1)COCC2. The van der Waals surface area contributed by atoms with E-state index in [1.54, 1.807) is 6.07 Å². The molecule has 1 aliphatic rings. The molecule has 2 rings (SSSR count). The highest BCUT2D eigenvalue weighted by Gasteiger charge is 2.11. The van der Waals surface area contributed by atoms with E-state index in [-0.39, 0.29) is 5.88 Å². The Labute approximate surface area is 58.6 Å². The van der Waals surface area contributed by atoms with Crippen LogP contribution in [0.25, 0.3) is 0 Å². The molecule has 0 amide bonds. The highest BCUT2D eigenvalue weighted by molar-refractivity contribution is 5.29. The molecule has 0 radical (unpaired) electrons. The minimum Gasteiger partial charge on any atom is -0.495 e. The number of fused-ring (bicyclic) bond motifs is 1. The van der Waals surface area contributed by atoms with Crippen molar-refractivity contribution < 1.29 is 9.84 Å². The highest BCUT2D eigenvalue weighted by Crippen LogP contribution is 2.20. The molecule has 0 saturated carbocycles. The molecule has 1 aromatic heterocycles. The molecule has 2 N–H and O–H groups in total. The van der Waals surface area contributed by atoms with E-state index < -0.39 is 0 Å². The van der Waals surface area contributed by atoms with Gasteiger partial charge >= 0.3 is 0 Å². The first-order chi connectivity index (χ1) is 4.86. The molecular weight excluding hydrogens is 130 g/mol. The minimum atomic E-state index is 0.246. The third kappa shape index (κ3) is 0.789. The molecule has 1 aliphatic heterocycles. The third-order valence-corrected chi connectivity index (χ3v) is 1.74. The van der Waals surface area contributed by atoms with Gasteiger partial charge in [-0.05, 0) is 12.0 Å². The van der Waals surface area contributed by atoms with Crippen molar-refractivity contribution >= 4 is 0 Å². The molecule has 0 aromatic carbocycles. The molecule has 1 aromatic rings. The Morgan fingerprint density at radius 3 is 3.30 bits per heavy atom. The second-order valence-corrected chi connectivity index (χ2v) is 2.46. The Morgan fingerprint density at radius 1 is 1.60 bits per heavy atom. The van der Waals surface area contributed by atoms with Crippen LogP contribution in [0.4, 0.5) is 0 Å². The van der Waals surface area contributed by atoms with Gasteiger partial charge in [-0.25, -0.2) is 0 Å². The Morgan fingerprint density at radius 2 is 2.50 bits per heavy atom. The highest BCUT2D eigenvalue weighted by atomic mass is 16.5. The van der Waals surface area contributed by atoms with Gasteiger partial charge in [0.1, 0.15) is 0 Å². The summed E-state index contributed by atoms with van der Waals surface area (Å²) in [6.07, 6.45) is 0.909. The van der Waals surface area contributed by atoms with Crippen LogP contribution in [0, 0.1) is 0 Å². The lowest BCUT2D eigenvalue weighted by Crippen LogP contribution is -2.07. The zero-order valence-corrected chi connectivity index (χ0v) is 5.55. The van der Waals surface area contributed by atoms with Gasteiger partial charge in [0.05, 0.1) is 13.2 Å². The molecule has 54 valence electrons. The summed E-state index contributed by atoms with van der Waals surface area (Å²) in [6, 6.07) is 1.76. The summed E-state index contributed by atoms with van der Waals surface area (Å²) in [7, 11) is 0. The van der Waals surface area contributed by atoms with Crippen LogP contribution < -0.4 is 0 Å². The largest absolute Gasteiger partial charge is 0.495 e. The second-order valence-electron chi connectivity index (χ2n) is 2.46. The molecule has 0 fully saturated rings. The van der Waals surface area contributed by atoms with E-state index in [9.17, 15) is 0 Å². The molecule has 0 atom stereocenters. The minimum absolute atomic E-state index is 0.246. The average Bonchev–Trinajstić information content (AvgIpc) is 2.27. The number of aromatic hydroxyl groups is 1. The van der Waals surface area contributed by atoms with Crippen molar-refractivity contribution in [2.24, 2.45) is 0 Å². The maximum absolute atomic E-state index is 9.01. The monoisotopic (exact) mass is 139 g/mol. The van der Waals surface area contributed by atoms with Gasteiger partial charge < -0.3 is 14.8 Å². The first-order valence-electron chi connectivity index (χ1n) is 3.34. The van der Waals surface area contributed by atoms with Crippen molar-refractivity contribution in [1.29, 1.82) is 0 Å². The predicted octanol–water partition coefficient (Wildman–Crippen LogP) is 0.793. The standard InChI is InChI=1S/C7H9NO2/c9-7-3-5-1-2-10-4-6(5)8-7/h3,8-9H,1-2,4H2. The van der Waals surface area contributed by atoms with Gasteiger partial charge in [0.15, 0.2) is 5.88 Å². The number of rotatable bonds is 0. The van der Waals surface area contributed by atoms with E-state index in [0.29, 0.717) is 6.61 Å². The maximum atomic E-state index is 9.01. The molecule has 0 bridgehead atoms. The third-order valence-electron chi connectivity index (χ3n) is 1.74. The van der Waals surface area contributed by atoms with Crippen molar-refractivity contribution in [3.05, 3.63) is 17.3 Å². The van der Waals surface area contributed by atoms with E-state index in [0.717, 1.165) is 18.7 Å². The molecule has 10 heavy (non-hydrogen) atoms. The van der Waals surface area contributed by atoms with E-state index in [4.69, 9.17) is 9.84 Å². The van der Waals surface area contributed by atoms with Gasteiger partial charge in [-0.15, -0.1) is 0 Å². The van der Waals surface area contributed by atoms with Gasteiger partial charge in [-0.1, -0.05) is 0 Å². The van der Waals surface area contributed by atoms with Crippen molar-refractivity contribution in [2.75, 3.05) is 6.61 Å². The van der Waals surface area contributed by atoms with Crippen LogP contribution in [0.15, 0.2) is 6.07 Å². The van der Waals surface area contributed by atoms with E-state index in [1.807, 2.05) is 0 Å². The molecule has 0 spiro atoms. The van der Waals surface area contributed by atoms with Crippen LogP contribution >= 0.6 is 0 Å². The molecule has 3 heteroatoms. The van der Waals surface area contributed by atoms with Gasteiger partial charge in [0, 0.05) is 11.8 Å².